The van der Waals surface area contributed by atoms with Crippen LogP contribution in [0.1, 0.15) is 37.6 Å². The minimum Gasteiger partial charge on any atom is -0.496 e. The minimum absolute atomic E-state index is 0.304. The van der Waals surface area contributed by atoms with E-state index in [2.05, 4.69) is 10.3 Å². The summed E-state index contributed by atoms with van der Waals surface area (Å²) in [6.07, 6.45) is 1.63. The number of hydrogen-bond acceptors (Lipinski definition) is 7. The second-order valence-electron chi connectivity index (χ2n) is 7.87. The summed E-state index contributed by atoms with van der Waals surface area (Å²) in [7, 11) is 1.58. The maximum Gasteiger partial charge on any atom is 0.410 e. The molecule has 9 nitrogen and oxygen atoms in total. The zero-order valence-electron chi connectivity index (χ0n) is 16.4. The monoisotopic (exact) mass is 385 g/mol. The van der Waals surface area contributed by atoms with Gasteiger partial charge in [-0.25, -0.2) is 4.79 Å². The minimum atomic E-state index is -0.515. The molecule has 2 N–H and O–H groups in total. The smallest absolute Gasteiger partial charge is 0.410 e. The fourth-order valence-corrected chi connectivity index (χ4v) is 3.30. The Morgan fingerprint density at radius 1 is 1.32 bits per heavy atom. The molecule has 0 spiro atoms. The Morgan fingerprint density at radius 3 is 2.79 bits per heavy atom. The van der Waals surface area contributed by atoms with Crippen molar-refractivity contribution in [3.63, 3.8) is 0 Å². The average Bonchev–Trinajstić information content (AvgIpc) is 3.26. The van der Waals surface area contributed by atoms with E-state index in [1.54, 1.807) is 12.0 Å². The van der Waals surface area contributed by atoms with Crippen LogP contribution in [0.15, 0.2) is 22.9 Å². The average molecular weight is 385 g/mol. The quantitative estimate of drug-likeness (QED) is 0.738. The third-order valence-electron chi connectivity index (χ3n) is 4.47. The molecule has 9 heteroatoms. The van der Waals surface area contributed by atoms with Crippen molar-refractivity contribution in [1.82, 2.24) is 19.8 Å². The number of amides is 1. The number of anilines is 1. The van der Waals surface area contributed by atoms with Crippen LogP contribution in [-0.4, -0.2) is 38.6 Å². The summed E-state index contributed by atoms with van der Waals surface area (Å²) in [5, 5.41) is 9.07. The van der Waals surface area contributed by atoms with Crippen LogP contribution in [0.4, 0.5) is 10.6 Å². The Hall–Kier alpha value is -3.23. The molecule has 0 atom stereocenters. The summed E-state index contributed by atoms with van der Waals surface area (Å²) >= 11 is 0. The molecule has 1 aliphatic heterocycles. The third-order valence-corrected chi connectivity index (χ3v) is 4.47. The lowest BCUT2D eigenvalue weighted by molar-refractivity contribution is 0.0239. The van der Waals surface area contributed by atoms with Gasteiger partial charge in [0.1, 0.15) is 16.7 Å². The van der Waals surface area contributed by atoms with Crippen molar-refractivity contribution in [2.24, 2.45) is 0 Å². The summed E-state index contributed by atoms with van der Waals surface area (Å²) in [6, 6.07) is 3.77. The number of rotatable bonds is 3. The number of benzene rings is 1. The molecule has 4 rings (SSSR count). The van der Waals surface area contributed by atoms with Crippen molar-refractivity contribution in [2.45, 2.75) is 46.0 Å². The van der Waals surface area contributed by atoms with E-state index in [0.29, 0.717) is 42.2 Å². The molecule has 0 fully saturated rings. The molecule has 28 heavy (non-hydrogen) atoms. The van der Waals surface area contributed by atoms with Gasteiger partial charge in [-0.15, -0.1) is 0 Å². The van der Waals surface area contributed by atoms with Crippen LogP contribution < -0.4 is 10.5 Å². The van der Waals surface area contributed by atoms with Crippen LogP contribution in [0.2, 0.25) is 0 Å². The molecule has 1 amide bonds. The first-order valence-corrected chi connectivity index (χ1v) is 8.98. The summed E-state index contributed by atoms with van der Waals surface area (Å²) in [5.41, 5.74) is 8.74. The van der Waals surface area contributed by atoms with E-state index in [4.69, 9.17) is 19.7 Å². The molecular weight excluding hydrogens is 362 g/mol. The van der Waals surface area contributed by atoms with E-state index in [0.717, 1.165) is 16.8 Å². The Labute approximate surface area is 162 Å². The highest BCUT2D eigenvalue weighted by Gasteiger charge is 2.30. The molecule has 1 aromatic carbocycles. The van der Waals surface area contributed by atoms with Gasteiger partial charge in [0, 0.05) is 11.8 Å². The van der Waals surface area contributed by atoms with E-state index in [-0.39, 0.29) is 6.09 Å². The van der Waals surface area contributed by atoms with E-state index in [1.807, 2.05) is 43.8 Å². The summed E-state index contributed by atoms with van der Waals surface area (Å²) in [6.45, 7) is 7.03. The standard InChI is InChI=1S/C19H23N5O4/c1-19(2,3)27-18(25)23-8-12-9-24(21-13(12)10-23)7-11-5-14(26-4)16-15(6-11)28-22-17(16)20/h5-6,9H,7-8,10H2,1-4H3,(H2,20,22). The lowest BCUT2D eigenvalue weighted by Gasteiger charge is -2.24. The predicted octanol–water partition coefficient (Wildman–Crippen LogP) is 2.91. The van der Waals surface area contributed by atoms with Gasteiger partial charge in [-0.1, -0.05) is 5.16 Å². The Balaban J connectivity index is 1.50. The van der Waals surface area contributed by atoms with Gasteiger partial charge in [0.05, 0.1) is 32.4 Å². The van der Waals surface area contributed by atoms with Gasteiger partial charge < -0.3 is 19.7 Å². The van der Waals surface area contributed by atoms with Crippen molar-refractivity contribution in [1.29, 1.82) is 0 Å². The number of aromatic nitrogens is 3. The number of nitrogens with two attached hydrogens (primary N) is 1. The zero-order chi connectivity index (χ0) is 20.1. The highest BCUT2D eigenvalue weighted by atomic mass is 16.6. The molecule has 0 saturated carbocycles. The molecule has 0 saturated heterocycles. The van der Waals surface area contributed by atoms with Crippen molar-refractivity contribution < 1.29 is 18.8 Å². The number of nitrogen functional groups attached to an aromatic ring is 1. The molecule has 0 unspecified atom stereocenters. The van der Waals surface area contributed by atoms with E-state index >= 15 is 0 Å². The van der Waals surface area contributed by atoms with Crippen LogP contribution >= 0.6 is 0 Å². The molecule has 148 valence electrons. The van der Waals surface area contributed by atoms with E-state index < -0.39 is 5.60 Å². The molecule has 0 radical (unpaired) electrons. The van der Waals surface area contributed by atoms with Crippen LogP contribution in [0.3, 0.4) is 0 Å². The number of nitrogens with zero attached hydrogens (tertiary/aromatic N) is 4. The number of carbonyl (C=O) groups excluding carboxylic acids is 1. The van der Waals surface area contributed by atoms with E-state index in [1.165, 1.54) is 0 Å². The van der Waals surface area contributed by atoms with Crippen molar-refractivity contribution in [2.75, 3.05) is 12.8 Å². The predicted molar refractivity (Wildman–Crippen MR) is 102 cm³/mol. The van der Waals surface area contributed by atoms with Crippen molar-refractivity contribution in [3.05, 3.63) is 35.2 Å². The first-order chi connectivity index (χ1) is 13.2. The second kappa shape index (κ2) is 6.43. The summed E-state index contributed by atoms with van der Waals surface area (Å²) in [5.74, 6) is 0.917. The van der Waals surface area contributed by atoms with Gasteiger partial charge in [-0.2, -0.15) is 5.10 Å². The zero-order valence-corrected chi connectivity index (χ0v) is 16.4. The van der Waals surface area contributed by atoms with Crippen molar-refractivity contribution >= 4 is 22.9 Å². The fourth-order valence-electron chi connectivity index (χ4n) is 3.30. The number of hydrogen-bond donors (Lipinski definition) is 1. The summed E-state index contributed by atoms with van der Waals surface area (Å²) < 4.78 is 18.0. The van der Waals surface area contributed by atoms with Gasteiger partial charge in [-0.3, -0.25) is 9.58 Å². The SMILES string of the molecule is COc1cc(Cn2cc3c(n2)CN(C(=O)OC(C)(C)C)C3)cc2onc(N)c12. The number of ether oxygens (including phenoxy) is 2. The first-order valence-electron chi connectivity index (χ1n) is 8.98. The molecular formula is C19H23N5O4. The molecule has 0 aliphatic carbocycles. The highest BCUT2D eigenvalue weighted by molar-refractivity contribution is 5.93. The first kappa shape index (κ1) is 18.1. The Morgan fingerprint density at radius 2 is 2.11 bits per heavy atom. The number of fused-ring (bicyclic) bond motifs is 2. The maximum atomic E-state index is 12.2. The molecule has 3 heterocycles. The molecule has 0 bridgehead atoms. The highest BCUT2D eigenvalue weighted by Crippen LogP contribution is 2.32. The number of methoxy groups -OCH3 is 1. The maximum absolute atomic E-state index is 12.2. The molecule has 3 aromatic rings. The van der Waals surface area contributed by atoms with Crippen LogP contribution in [-0.2, 0) is 24.4 Å². The molecule has 2 aromatic heterocycles. The van der Waals surface area contributed by atoms with Gasteiger partial charge in [-0.05, 0) is 38.5 Å². The second-order valence-corrected chi connectivity index (χ2v) is 7.87. The molecule has 1 aliphatic rings. The topological polar surface area (TPSA) is 109 Å². The van der Waals surface area contributed by atoms with E-state index in [9.17, 15) is 4.79 Å². The lowest BCUT2D eigenvalue weighted by Crippen LogP contribution is -2.33. The Kier molecular flexibility index (Phi) is 4.17. The fraction of sp³-hybridized carbons (Fsp3) is 0.421. The lowest BCUT2D eigenvalue weighted by atomic mass is 10.1. The Bertz CT molecular complexity index is 1020. The van der Waals surface area contributed by atoms with Crippen LogP contribution in [0, 0.1) is 0 Å². The van der Waals surface area contributed by atoms with Gasteiger partial charge in [0.25, 0.3) is 0 Å². The van der Waals surface area contributed by atoms with Crippen molar-refractivity contribution in [3.8, 4) is 5.75 Å². The van der Waals surface area contributed by atoms with Gasteiger partial charge in [0.15, 0.2) is 11.4 Å². The number of carbonyl (C=O) groups is 1. The third kappa shape index (κ3) is 3.35. The van der Waals surface area contributed by atoms with Gasteiger partial charge >= 0.3 is 6.09 Å². The summed E-state index contributed by atoms with van der Waals surface area (Å²) in [4.78, 5) is 13.9. The van der Waals surface area contributed by atoms with Crippen LogP contribution in [0.5, 0.6) is 5.75 Å². The largest absolute Gasteiger partial charge is 0.496 e. The normalized spacial score (nSPS) is 13.8. The van der Waals surface area contributed by atoms with Gasteiger partial charge in [0.2, 0.25) is 0 Å². The van der Waals surface area contributed by atoms with Crippen LogP contribution in [0.25, 0.3) is 11.0 Å².